The number of halogens is 1. The van der Waals surface area contributed by atoms with Gasteiger partial charge in [0, 0.05) is 28.6 Å². The molecule has 22 heavy (non-hydrogen) atoms. The van der Waals surface area contributed by atoms with Gasteiger partial charge in [-0.05, 0) is 37.5 Å². The van der Waals surface area contributed by atoms with Gasteiger partial charge < -0.3 is 13.9 Å². The molecule has 0 saturated carbocycles. The van der Waals surface area contributed by atoms with Gasteiger partial charge in [-0.1, -0.05) is 11.6 Å². The van der Waals surface area contributed by atoms with Crippen molar-refractivity contribution in [3.8, 4) is 0 Å². The number of esters is 1. The number of carbonyl (C=O) groups excluding carboxylic acids is 1. The molecule has 2 heterocycles. The Morgan fingerprint density at radius 3 is 2.95 bits per heavy atom. The van der Waals surface area contributed by atoms with Crippen LogP contribution in [0.25, 0.3) is 11.0 Å². The molecule has 0 N–H and O–H groups in total. The monoisotopic (exact) mass is 322 g/mol. The molecular formula is C16H15ClO5. The highest BCUT2D eigenvalue weighted by Crippen LogP contribution is 2.25. The average molecular weight is 323 g/mol. The third kappa shape index (κ3) is 3.00. The Balaban J connectivity index is 1.87. The van der Waals surface area contributed by atoms with Gasteiger partial charge in [0.15, 0.2) is 6.10 Å². The molecule has 1 aliphatic rings. The summed E-state index contributed by atoms with van der Waals surface area (Å²) in [7, 11) is 0. The number of rotatable bonds is 3. The number of benzene rings is 1. The van der Waals surface area contributed by atoms with E-state index in [9.17, 15) is 9.59 Å². The second kappa shape index (κ2) is 6.10. The molecule has 6 heteroatoms. The minimum Gasteiger partial charge on any atom is -0.459 e. The van der Waals surface area contributed by atoms with E-state index in [1.54, 1.807) is 12.1 Å². The van der Waals surface area contributed by atoms with E-state index in [0.717, 1.165) is 12.0 Å². The average Bonchev–Trinajstić information content (AvgIpc) is 3.00. The highest BCUT2D eigenvalue weighted by molar-refractivity contribution is 6.32. The zero-order valence-corrected chi connectivity index (χ0v) is 12.8. The molecule has 0 radical (unpaired) electrons. The molecule has 1 aliphatic heterocycles. The topological polar surface area (TPSA) is 65.7 Å². The first-order chi connectivity index (χ1) is 10.5. The van der Waals surface area contributed by atoms with Crippen LogP contribution in [0.5, 0.6) is 0 Å². The third-order valence-electron chi connectivity index (χ3n) is 3.67. The van der Waals surface area contributed by atoms with E-state index in [2.05, 4.69) is 0 Å². The first-order valence-corrected chi connectivity index (χ1v) is 7.43. The Morgan fingerprint density at radius 2 is 2.23 bits per heavy atom. The van der Waals surface area contributed by atoms with E-state index in [1.807, 2.05) is 6.92 Å². The lowest BCUT2D eigenvalue weighted by Crippen LogP contribution is -2.22. The quantitative estimate of drug-likeness (QED) is 0.642. The second-order valence-corrected chi connectivity index (χ2v) is 5.70. The van der Waals surface area contributed by atoms with Crippen molar-refractivity contribution in [1.82, 2.24) is 0 Å². The van der Waals surface area contributed by atoms with Crippen LogP contribution >= 0.6 is 11.6 Å². The maximum absolute atomic E-state index is 11.9. The fourth-order valence-corrected chi connectivity index (χ4v) is 2.64. The predicted octanol–water partition coefficient (Wildman–Crippen LogP) is 2.98. The van der Waals surface area contributed by atoms with Crippen molar-refractivity contribution in [2.24, 2.45) is 0 Å². The van der Waals surface area contributed by atoms with Crippen LogP contribution in [0.15, 0.2) is 27.4 Å². The van der Waals surface area contributed by atoms with Crippen molar-refractivity contribution in [3.05, 3.63) is 44.8 Å². The van der Waals surface area contributed by atoms with Crippen molar-refractivity contribution in [3.63, 3.8) is 0 Å². The third-order valence-corrected chi connectivity index (χ3v) is 4.08. The van der Waals surface area contributed by atoms with Gasteiger partial charge in [0.05, 0.1) is 0 Å². The summed E-state index contributed by atoms with van der Waals surface area (Å²) >= 11 is 6.12. The molecule has 1 saturated heterocycles. The van der Waals surface area contributed by atoms with Crippen molar-refractivity contribution >= 4 is 28.5 Å². The van der Waals surface area contributed by atoms with Gasteiger partial charge in [0.25, 0.3) is 0 Å². The summed E-state index contributed by atoms with van der Waals surface area (Å²) in [4.78, 5) is 23.5. The zero-order chi connectivity index (χ0) is 15.7. The fourth-order valence-electron chi connectivity index (χ4n) is 2.47. The number of fused-ring (bicyclic) bond motifs is 1. The molecule has 2 aromatic rings. The molecule has 3 rings (SSSR count). The SMILES string of the molecule is Cc1cc2oc(=O)cc(COC(=O)[C@@H]3CCCO3)c2cc1Cl. The molecular weight excluding hydrogens is 308 g/mol. The largest absolute Gasteiger partial charge is 0.459 e. The summed E-state index contributed by atoms with van der Waals surface area (Å²) < 4.78 is 15.7. The van der Waals surface area contributed by atoms with Gasteiger partial charge in [-0.2, -0.15) is 0 Å². The van der Waals surface area contributed by atoms with E-state index < -0.39 is 17.7 Å². The Hall–Kier alpha value is -1.85. The smallest absolute Gasteiger partial charge is 0.336 e. The summed E-state index contributed by atoms with van der Waals surface area (Å²) in [6.45, 7) is 2.39. The molecule has 0 aliphatic carbocycles. The first-order valence-electron chi connectivity index (χ1n) is 7.06. The highest BCUT2D eigenvalue weighted by atomic mass is 35.5. The van der Waals surface area contributed by atoms with Gasteiger partial charge >= 0.3 is 11.6 Å². The zero-order valence-electron chi connectivity index (χ0n) is 12.1. The summed E-state index contributed by atoms with van der Waals surface area (Å²) in [6, 6.07) is 4.73. The number of ether oxygens (including phenoxy) is 2. The van der Waals surface area contributed by atoms with Crippen LogP contribution in [0.3, 0.4) is 0 Å². The maximum atomic E-state index is 11.9. The Labute approximate surface area is 131 Å². The standard InChI is InChI=1S/C16H15ClO5/c1-9-5-14-11(7-12(9)17)10(6-15(18)22-14)8-21-16(19)13-3-2-4-20-13/h5-7,13H,2-4,8H2,1H3/t13-/m0/s1. The van der Waals surface area contributed by atoms with Gasteiger partial charge in [-0.3, -0.25) is 0 Å². The van der Waals surface area contributed by atoms with Crippen LogP contribution in [0.2, 0.25) is 5.02 Å². The number of hydrogen-bond acceptors (Lipinski definition) is 5. The van der Waals surface area contributed by atoms with Gasteiger partial charge in [-0.25, -0.2) is 9.59 Å². The molecule has 0 amide bonds. The van der Waals surface area contributed by atoms with Crippen LogP contribution in [0.1, 0.15) is 24.0 Å². The van der Waals surface area contributed by atoms with E-state index in [1.165, 1.54) is 6.07 Å². The Kier molecular flexibility index (Phi) is 4.18. The lowest BCUT2D eigenvalue weighted by Gasteiger charge is -2.11. The molecule has 1 aromatic heterocycles. The Bertz CT molecular complexity index is 774. The molecule has 0 spiro atoms. The summed E-state index contributed by atoms with van der Waals surface area (Å²) in [5.41, 5.74) is 1.32. The molecule has 0 unspecified atom stereocenters. The molecule has 5 nitrogen and oxygen atoms in total. The number of carbonyl (C=O) groups is 1. The minimum atomic E-state index is -0.503. The maximum Gasteiger partial charge on any atom is 0.336 e. The lowest BCUT2D eigenvalue weighted by atomic mass is 10.1. The first kappa shape index (κ1) is 15.1. The van der Waals surface area contributed by atoms with E-state index in [4.69, 9.17) is 25.5 Å². The Morgan fingerprint density at radius 1 is 1.41 bits per heavy atom. The van der Waals surface area contributed by atoms with Crippen LogP contribution in [0.4, 0.5) is 0 Å². The number of aryl methyl sites for hydroxylation is 1. The van der Waals surface area contributed by atoms with Crippen molar-refractivity contribution in [1.29, 1.82) is 0 Å². The van der Waals surface area contributed by atoms with Crippen LogP contribution in [-0.2, 0) is 20.9 Å². The van der Waals surface area contributed by atoms with Crippen LogP contribution in [0, 0.1) is 6.92 Å². The predicted molar refractivity (Wildman–Crippen MR) is 81.0 cm³/mol. The molecule has 0 bridgehead atoms. The fraction of sp³-hybridized carbons (Fsp3) is 0.375. The second-order valence-electron chi connectivity index (χ2n) is 5.30. The van der Waals surface area contributed by atoms with Gasteiger partial charge in [0.1, 0.15) is 12.2 Å². The molecule has 1 atom stereocenters. The minimum absolute atomic E-state index is 0.0137. The van der Waals surface area contributed by atoms with Gasteiger partial charge in [0.2, 0.25) is 0 Å². The lowest BCUT2D eigenvalue weighted by molar-refractivity contribution is -0.155. The van der Waals surface area contributed by atoms with Gasteiger partial charge in [-0.15, -0.1) is 0 Å². The van der Waals surface area contributed by atoms with Crippen molar-refractivity contribution < 1.29 is 18.7 Å². The van der Waals surface area contributed by atoms with E-state index in [-0.39, 0.29) is 6.61 Å². The molecule has 1 aromatic carbocycles. The summed E-state index contributed by atoms with van der Waals surface area (Å²) in [5.74, 6) is -0.405. The van der Waals surface area contributed by atoms with E-state index >= 15 is 0 Å². The summed E-state index contributed by atoms with van der Waals surface area (Å²) in [6.07, 6.45) is 1.02. The van der Waals surface area contributed by atoms with E-state index in [0.29, 0.717) is 34.6 Å². The molecule has 116 valence electrons. The molecule has 1 fully saturated rings. The number of hydrogen-bond donors (Lipinski definition) is 0. The van der Waals surface area contributed by atoms with Crippen molar-refractivity contribution in [2.45, 2.75) is 32.5 Å². The normalized spacial score (nSPS) is 17.8. The highest BCUT2D eigenvalue weighted by Gasteiger charge is 2.25. The summed E-state index contributed by atoms with van der Waals surface area (Å²) in [5, 5.41) is 1.23. The van der Waals surface area contributed by atoms with Crippen LogP contribution in [-0.4, -0.2) is 18.7 Å². The van der Waals surface area contributed by atoms with Crippen molar-refractivity contribution in [2.75, 3.05) is 6.61 Å². The van der Waals surface area contributed by atoms with Crippen LogP contribution < -0.4 is 5.63 Å².